The maximum Gasteiger partial charge on any atom is 0.238 e. The third-order valence-corrected chi connectivity index (χ3v) is 4.48. The summed E-state index contributed by atoms with van der Waals surface area (Å²) in [5, 5.41) is 12.4. The van der Waals surface area contributed by atoms with Gasteiger partial charge in [0.25, 0.3) is 0 Å². The van der Waals surface area contributed by atoms with Gasteiger partial charge in [-0.2, -0.15) is 5.26 Å². The molecule has 0 unspecified atom stereocenters. The van der Waals surface area contributed by atoms with Crippen molar-refractivity contribution in [2.24, 2.45) is 0 Å². The number of piperazine rings is 1. The Balaban J connectivity index is 1.47. The second-order valence-corrected chi connectivity index (χ2v) is 6.41. The van der Waals surface area contributed by atoms with E-state index in [0.29, 0.717) is 17.1 Å². The lowest BCUT2D eigenvalue weighted by atomic mass is 10.2. The molecule has 6 heteroatoms. The molecule has 1 amide bonds. The third-order valence-electron chi connectivity index (χ3n) is 4.23. The second kappa shape index (κ2) is 8.02. The molecule has 2 aromatic carbocycles. The Labute approximate surface area is 152 Å². The minimum absolute atomic E-state index is 0.0193. The van der Waals surface area contributed by atoms with Crippen molar-refractivity contribution < 1.29 is 4.79 Å². The van der Waals surface area contributed by atoms with Gasteiger partial charge in [0, 0.05) is 42.6 Å². The van der Waals surface area contributed by atoms with Crippen molar-refractivity contribution in [3.8, 4) is 6.07 Å². The van der Waals surface area contributed by atoms with Crippen LogP contribution in [0.3, 0.4) is 0 Å². The first-order valence-corrected chi connectivity index (χ1v) is 8.55. The van der Waals surface area contributed by atoms with E-state index in [1.54, 1.807) is 24.3 Å². The van der Waals surface area contributed by atoms with Crippen LogP contribution in [-0.4, -0.2) is 43.5 Å². The lowest BCUT2D eigenvalue weighted by Gasteiger charge is -2.35. The maximum absolute atomic E-state index is 12.2. The molecule has 25 heavy (non-hydrogen) atoms. The maximum atomic E-state index is 12.2. The van der Waals surface area contributed by atoms with Crippen molar-refractivity contribution in [2.45, 2.75) is 0 Å². The summed E-state index contributed by atoms with van der Waals surface area (Å²) in [7, 11) is 0. The summed E-state index contributed by atoms with van der Waals surface area (Å²) in [4.78, 5) is 16.6. The van der Waals surface area contributed by atoms with Crippen LogP contribution < -0.4 is 10.2 Å². The number of benzene rings is 2. The Morgan fingerprint density at radius 1 is 1.04 bits per heavy atom. The van der Waals surface area contributed by atoms with Crippen molar-refractivity contribution in [2.75, 3.05) is 42.9 Å². The second-order valence-electron chi connectivity index (χ2n) is 5.98. The predicted molar refractivity (Wildman–Crippen MR) is 99.9 cm³/mol. The quantitative estimate of drug-likeness (QED) is 0.917. The standard InChI is InChI=1S/C19H19ClN4O/c20-16-3-5-17(6-4-16)22-19(25)14-23-9-11-24(12-10-23)18-7-1-15(13-21)2-8-18/h1-8H,9-12,14H2,(H,22,25). The molecule has 0 spiro atoms. The van der Waals surface area contributed by atoms with E-state index in [9.17, 15) is 4.79 Å². The molecule has 1 aliphatic heterocycles. The Morgan fingerprint density at radius 2 is 1.68 bits per heavy atom. The molecule has 0 aliphatic carbocycles. The van der Waals surface area contributed by atoms with E-state index in [1.807, 2.05) is 24.3 Å². The summed E-state index contributed by atoms with van der Waals surface area (Å²) in [6.45, 7) is 3.76. The Bertz CT molecular complexity index is 760. The smallest absolute Gasteiger partial charge is 0.238 e. The number of amides is 1. The lowest BCUT2D eigenvalue weighted by Crippen LogP contribution is -2.48. The van der Waals surface area contributed by atoms with Crippen molar-refractivity contribution in [1.82, 2.24) is 4.90 Å². The predicted octanol–water partition coefficient (Wildman–Crippen LogP) is 2.97. The highest BCUT2D eigenvalue weighted by Gasteiger charge is 2.19. The highest BCUT2D eigenvalue weighted by Crippen LogP contribution is 2.17. The number of halogens is 1. The van der Waals surface area contributed by atoms with Gasteiger partial charge >= 0.3 is 0 Å². The van der Waals surface area contributed by atoms with Crippen LogP contribution in [0.4, 0.5) is 11.4 Å². The lowest BCUT2D eigenvalue weighted by molar-refractivity contribution is -0.117. The zero-order chi connectivity index (χ0) is 17.6. The molecule has 0 bridgehead atoms. The highest BCUT2D eigenvalue weighted by atomic mass is 35.5. The fraction of sp³-hybridized carbons (Fsp3) is 0.263. The Hall–Kier alpha value is -2.55. The molecule has 0 atom stereocenters. The number of carbonyl (C=O) groups excluding carboxylic acids is 1. The first kappa shape index (κ1) is 17.3. The Morgan fingerprint density at radius 3 is 2.28 bits per heavy atom. The molecule has 2 aromatic rings. The third kappa shape index (κ3) is 4.72. The molecular formula is C19H19ClN4O. The molecule has 0 aromatic heterocycles. The fourth-order valence-corrected chi connectivity index (χ4v) is 2.97. The monoisotopic (exact) mass is 354 g/mol. The zero-order valence-corrected chi connectivity index (χ0v) is 14.5. The molecule has 5 nitrogen and oxygen atoms in total. The summed E-state index contributed by atoms with van der Waals surface area (Å²) in [6, 6.07) is 16.9. The van der Waals surface area contributed by atoms with Crippen LogP contribution >= 0.6 is 11.6 Å². The molecule has 1 saturated heterocycles. The number of nitrogens with one attached hydrogen (secondary N) is 1. The van der Waals surface area contributed by atoms with Crippen LogP contribution in [-0.2, 0) is 4.79 Å². The minimum Gasteiger partial charge on any atom is -0.369 e. The van der Waals surface area contributed by atoms with Crippen LogP contribution in [0.25, 0.3) is 0 Å². The van der Waals surface area contributed by atoms with Gasteiger partial charge < -0.3 is 10.2 Å². The Kier molecular flexibility index (Phi) is 5.54. The van der Waals surface area contributed by atoms with Crippen LogP contribution in [0.5, 0.6) is 0 Å². The number of rotatable bonds is 4. The van der Waals surface area contributed by atoms with E-state index in [1.165, 1.54) is 0 Å². The van der Waals surface area contributed by atoms with Gasteiger partial charge in [-0.05, 0) is 48.5 Å². The van der Waals surface area contributed by atoms with E-state index in [2.05, 4.69) is 21.2 Å². The summed E-state index contributed by atoms with van der Waals surface area (Å²) < 4.78 is 0. The van der Waals surface area contributed by atoms with Gasteiger partial charge in [-0.25, -0.2) is 0 Å². The largest absolute Gasteiger partial charge is 0.369 e. The molecule has 0 saturated carbocycles. The molecule has 1 N–H and O–H groups in total. The van der Waals surface area contributed by atoms with Crippen LogP contribution in [0.2, 0.25) is 5.02 Å². The van der Waals surface area contributed by atoms with E-state index in [4.69, 9.17) is 16.9 Å². The van der Waals surface area contributed by atoms with E-state index >= 15 is 0 Å². The minimum atomic E-state index is -0.0193. The zero-order valence-electron chi connectivity index (χ0n) is 13.8. The molecule has 3 rings (SSSR count). The van der Waals surface area contributed by atoms with Gasteiger partial charge in [0.1, 0.15) is 0 Å². The van der Waals surface area contributed by atoms with Crippen LogP contribution in [0, 0.1) is 11.3 Å². The number of carbonyl (C=O) groups is 1. The first-order chi connectivity index (χ1) is 12.1. The van der Waals surface area contributed by atoms with E-state index < -0.39 is 0 Å². The van der Waals surface area contributed by atoms with Crippen molar-refractivity contribution in [1.29, 1.82) is 5.26 Å². The molecular weight excluding hydrogens is 336 g/mol. The van der Waals surface area contributed by atoms with Gasteiger partial charge in [-0.15, -0.1) is 0 Å². The number of hydrogen-bond donors (Lipinski definition) is 1. The average Bonchev–Trinajstić information content (AvgIpc) is 2.64. The number of nitrogens with zero attached hydrogens (tertiary/aromatic N) is 3. The van der Waals surface area contributed by atoms with Crippen molar-refractivity contribution >= 4 is 28.9 Å². The first-order valence-electron chi connectivity index (χ1n) is 8.17. The van der Waals surface area contributed by atoms with Gasteiger partial charge in [-0.1, -0.05) is 11.6 Å². The number of nitriles is 1. The van der Waals surface area contributed by atoms with E-state index in [0.717, 1.165) is 37.6 Å². The normalized spacial score (nSPS) is 14.8. The summed E-state index contributed by atoms with van der Waals surface area (Å²) >= 11 is 5.84. The molecule has 1 heterocycles. The van der Waals surface area contributed by atoms with Gasteiger partial charge in [0.15, 0.2) is 0 Å². The molecule has 128 valence electrons. The molecule has 1 fully saturated rings. The van der Waals surface area contributed by atoms with Crippen molar-refractivity contribution in [3.05, 3.63) is 59.1 Å². The fourth-order valence-electron chi connectivity index (χ4n) is 2.85. The van der Waals surface area contributed by atoms with E-state index in [-0.39, 0.29) is 5.91 Å². The number of anilines is 2. The van der Waals surface area contributed by atoms with Crippen molar-refractivity contribution in [3.63, 3.8) is 0 Å². The molecule has 1 aliphatic rings. The highest BCUT2D eigenvalue weighted by molar-refractivity contribution is 6.30. The van der Waals surface area contributed by atoms with Gasteiger partial charge in [-0.3, -0.25) is 9.69 Å². The topological polar surface area (TPSA) is 59.4 Å². The van der Waals surface area contributed by atoms with Gasteiger partial charge in [0.2, 0.25) is 5.91 Å². The van der Waals surface area contributed by atoms with Crippen LogP contribution in [0.1, 0.15) is 5.56 Å². The summed E-state index contributed by atoms with van der Waals surface area (Å²) in [6.07, 6.45) is 0. The average molecular weight is 355 g/mol. The summed E-state index contributed by atoms with van der Waals surface area (Å²) in [5.41, 5.74) is 2.54. The molecule has 0 radical (unpaired) electrons. The van der Waals surface area contributed by atoms with Crippen LogP contribution in [0.15, 0.2) is 48.5 Å². The summed E-state index contributed by atoms with van der Waals surface area (Å²) in [5.74, 6) is -0.0193. The SMILES string of the molecule is N#Cc1ccc(N2CCN(CC(=O)Nc3ccc(Cl)cc3)CC2)cc1. The van der Waals surface area contributed by atoms with Gasteiger partial charge in [0.05, 0.1) is 18.2 Å². The number of hydrogen-bond acceptors (Lipinski definition) is 4.